The number of hydrogen-bond donors (Lipinski definition) is 3. The SMILES string of the molecule is Cc1cc(C(=O)O)n(C(N)CO)c1. The maximum Gasteiger partial charge on any atom is 0.352 e. The Labute approximate surface area is 75.4 Å². The average molecular weight is 184 g/mol. The molecule has 1 aromatic heterocycles. The number of aliphatic hydroxyl groups is 1. The van der Waals surface area contributed by atoms with E-state index in [1.807, 2.05) is 0 Å². The molecular formula is C8H12N2O3. The van der Waals surface area contributed by atoms with E-state index in [4.69, 9.17) is 15.9 Å². The Morgan fingerprint density at radius 2 is 2.38 bits per heavy atom. The highest BCUT2D eigenvalue weighted by atomic mass is 16.4. The van der Waals surface area contributed by atoms with Gasteiger partial charge in [0.25, 0.3) is 0 Å². The number of nitrogens with zero attached hydrogens (tertiary/aromatic N) is 1. The lowest BCUT2D eigenvalue weighted by Gasteiger charge is -2.12. The van der Waals surface area contributed by atoms with Crippen LogP contribution < -0.4 is 5.73 Å². The van der Waals surface area contributed by atoms with Gasteiger partial charge in [0.1, 0.15) is 11.9 Å². The van der Waals surface area contributed by atoms with E-state index in [1.54, 1.807) is 13.1 Å². The van der Waals surface area contributed by atoms with Gasteiger partial charge in [-0.3, -0.25) is 0 Å². The van der Waals surface area contributed by atoms with Gasteiger partial charge in [0.2, 0.25) is 0 Å². The molecule has 0 amide bonds. The molecule has 0 aliphatic carbocycles. The summed E-state index contributed by atoms with van der Waals surface area (Å²) in [6.07, 6.45) is 0.907. The van der Waals surface area contributed by atoms with Gasteiger partial charge in [0, 0.05) is 6.20 Å². The minimum atomic E-state index is -1.04. The van der Waals surface area contributed by atoms with Crippen molar-refractivity contribution in [2.24, 2.45) is 5.73 Å². The molecule has 0 radical (unpaired) electrons. The van der Waals surface area contributed by atoms with E-state index in [1.165, 1.54) is 10.6 Å². The van der Waals surface area contributed by atoms with Gasteiger partial charge < -0.3 is 20.5 Å². The van der Waals surface area contributed by atoms with E-state index in [9.17, 15) is 4.79 Å². The Kier molecular flexibility index (Phi) is 2.69. The van der Waals surface area contributed by atoms with Crippen molar-refractivity contribution in [2.75, 3.05) is 6.61 Å². The fourth-order valence-corrected chi connectivity index (χ4v) is 1.15. The van der Waals surface area contributed by atoms with Gasteiger partial charge in [-0.2, -0.15) is 0 Å². The second-order valence-electron chi connectivity index (χ2n) is 2.87. The summed E-state index contributed by atoms with van der Waals surface area (Å²) in [4.78, 5) is 10.7. The summed E-state index contributed by atoms with van der Waals surface area (Å²) >= 11 is 0. The van der Waals surface area contributed by atoms with Gasteiger partial charge in [-0.25, -0.2) is 4.79 Å². The van der Waals surface area contributed by atoms with Crippen LogP contribution >= 0.6 is 0 Å². The molecule has 0 fully saturated rings. The molecule has 0 bridgehead atoms. The highest BCUT2D eigenvalue weighted by molar-refractivity contribution is 5.86. The molecule has 1 rings (SSSR count). The first kappa shape index (κ1) is 9.76. The smallest absolute Gasteiger partial charge is 0.352 e. The van der Waals surface area contributed by atoms with Crippen molar-refractivity contribution < 1.29 is 15.0 Å². The van der Waals surface area contributed by atoms with Crippen LogP contribution in [-0.2, 0) is 0 Å². The van der Waals surface area contributed by atoms with Crippen LogP contribution in [0.5, 0.6) is 0 Å². The third-order valence-corrected chi connectivity index (χ3v) is 1.75. The molecule has 5 nitrogen and oxygen atoms in total. The van der Waals surface area contributed by atoms with Crippen LogP contribution in [0.4, 0.5) is 0 Å². The molecule has 5 heteroatoms. The number of hydrogen-bond acceptors (Lipinski definition) is 3. The van der Waals surface area contributed by atoms with Crippen molar-refractivity contribution >= 4 is 5.97 Å². The monoisotopic (exact) mass is 184 g/mol. The first-order valence-electron chi connectivity index (χ1n) is 3.84. The molecular weight excluding hydrogens is 172 g/mol. The number of carboxylic acid groups (broad SMARTS) is 1. The molecule has 0 aromatic carbocycles. The van der Waals surface area contributed by atoms with E-state index >= 15 is 0 Å². The number of aromatic carboxylic acids is 1. The molecule has 0 spiro atoms. The highest BCUT2D eigenvalue weighted by Gasteiger charge is 2.14. The van der Waals surface area contributed by atoms with Crippen molar-refractivity contribution in [1.29, 1.82) is 0 Å². The number of carbonyl (C=O) groups is 1. The lowest BCUT2D eigenvalue weighted by Crippen LogP contribution is -2.24. The lowest BCUT2D eigenvalue weighted by molar-refractivity contribution is 0.0680. The number of rotatable bonds is 3. The minimum absolute atomic E-state index is 0.0963. The van der Waals surface area contributed by atoms with Gasteiger partial charge in [0.15, 0.2) is 0 Å². The summed E-state index contributed by atoms with van der Waals surface area (Å²) in [5.41, 5.74) is 6.40. The van der Waals surface area contributed by atoms with Crippen LogP contribution in [0.1, 0.15) is 22.2 Å². The van der Waals surface area contributed by atoms with Gasteiger partial charge in [-0.1, -0.05) is 0 Å². The van der Waals surface area contributed by atoms with E-state index in [-0.39, 0.29) is 12.3 Å². The Morgan fingerprint density at radius 3 is 2.85 bits per heavy atom. The largest absolute Gasteiger partial charge is 0.477 e. The lowest BCUT2D eigenvalue weighted by atomic mass is 10.3. The van der Waals surface area contributed by atoms with Gasteiger partial charge >= 0.3 is 5.97 Å². The Morgan fingerprint density at radius 1 is 1.77 bits per heavy atom. The zero-order chi connectivity index (χ0) is 10.0. The van der Waals surface area contributed by atoms with Crippen LogP contribution in [0.3, 0.4) is 0 Å². The normalized spacial score (nSPS) is 12.8. The second-order valence-corrected chi connectivity index (χ2v) is 2.87. The summed E-state index contributed by atoms with van der Waals surface area (Å²) in [5.74, 6) is -1.04. The Bertz CT molecular complexity index is 319. The molecule has 13 heavy (non-hydrogen) atoms. The topological polar surface area (TPSA) is 88.5 Å². The van der Waals surface area contributed by atoms with Crippen molar-refractivity contribution in [3.8, 4) is 0 Å². The summed E-state index contributed by atoms with van der Waals surface area (Å²) in [7, 11) is 0. The predicted octanol–water partition coefficient (Wildman–Crippen LogP) is -0.0557. The zero-order valence-corrected chi connectivity index (χ0v) is 7.27. The Balaban J connectivity index is 3.11. The second kappa shape index (κ2) is 3.59. The molecule has 1 unspecified atom stereocenters. The van der Waals surface area contributed by atoms with Gasteiger partial charge in [-0.05, 0) is 18.6 Å². The fraction of sp³-hybridized carbons (Fsp3) is 0.375. The minimum Gasteiger partial charge on any atom is -0.477 e. The number of aromatic nitrogens is 1. The molecule has 0 saturated heterocycles. The van der Waals surface area contributed by atoms with Crippen molar-refractivity contribution in [2.45, 2.75) is 13.1 Å². The average Bonchev–Trinajstić information content (AvgIpc) is 2.46. The standard InChI is InChI=1S/C8H12N2O3/c1-5-2-6(8(12)13)10(3-5)7(9)4-11/h2-3,7,11H,4,9H2,1H3,(H,12,13). The van der Waals surface area contributed by atoms with Gasteiger partial charge in [0.05, 0.1) is 6.61 Å². The maximum absolute atomic E-state index is 10.7. The molecule has 1 atom stereocenters. The first-order chi connectivity index (χ1) is 6.06. The first-order valence-corrected chi connectivity index (χ1v) is 3.84. The van der Waals surface area contributed by atoms with Crippen LogP contribution in [-0.4, -0.2) is 27.4 Å². The summed E-state index contributed by atoms with van der Waals surface area (Å²) in [5, 5.41) is 17.5. The van der Waals surface area contributed by atoms with E-state index in [2.05, 4.69) is 0 Å². The van der Waals surface area contributed by atoms with Crippen LogP contribution in [0.25, 0.3) is 0 Å². The van der Waals surface area contributed by atoms with E-state index in [0.29, 0.717) is 0 Å². The van der Waals surface area contributed by atoms with Crippen LogP contribution in [0.15, 0.2) is 12.3 Å². The van der Waals surface area contributed by atoms with Crippen molar-refractivity contribution in [3.05, 3.63) is 23.5 Å². The number of aryl methyl sites for hydroxylation is 1. The highest BCUT2D eigenvalue weighted by Crippen LogP contribution is 2.11. The maximum atomic E-state index is 10.7. The number of nitrogens with two attached hydrogens (primary N) is 1. The molecule has 0 aliphatic rings. The molecule has 72 valence electrons. The summed E-state index contributed by atoms with van der Waals surface area (Å²) in [6.45, 7) is 1.49. The van der Waals surface area contributed by atoms with Crippen LogP contribution in [0.2, 0.25) is 0 Å². The van der Waals surface area contributed by atoms with Gasteiger partial charge in [-0.15, -0.1) is 0 Å². The van der Waals surface area contributed by atoms with Crippen molar-refractivity contribution in [3.63, 3.8) is 0 Å². The molecule has 0 aliphatic heterocycles. The zero-order valence-electron chi connectivity index (χ0n) is 7.27. The number of carboxylic acids is 1. The molecule has 1 aromatic rings. The van der Waals surface area contributed by atoms with E-state index < -0.39 is 12.1 Å². The van der Waals surface area contributed by atoms with E-state index in [0.717, 1.165) is 5.56 Å². The summed E-state index contributed by atoms with van der Waals surface area (Å²) in [6, 6.07) is 1.51. The van der Waals surface area contributed by atoms with Crippen LogP contribution in [0, 0.1) is 6.92 Å². The summed E-state index contributed by atoms with van der Waals surface area (Å²) < 4.78 is 1.34. The third kappa shape index (κ3) is 1.88. The Hall–Kier alpha value is -1.33. The molecule has 0 saturated carbocycles. The molecule has 1 heterocycles. The quantitative estimate of drug-likeness (QED) is 0.614. The fourth-order valence-electron chi connectivity index (χ4n) is 1.15. The molecule has 4 N–H and O–H groups in total. The predicted molar refractivity (Wildman–Crippen MR) is 46.4 cm³/mol. The third-order valence-electron chi connectivity index (χ3n) is 1.75. The van der Waals surface area contributed by atoms with Crippen molar-refractivity contribution in [1.82, 2.24) is 4.57 Å². The number of aliphatic hydroxyl groups excluding tert-OH is 1.